The number of likely N-dealkylation sites (N-methyl/N-ethyl adjacent to an activating group) is 1. The topological polar surface area (TPSA) is 75.5 Å². The Hall–Kier alpha value is -1.47. The summed E-state index contributed by atoms with van der Waals surface area (Å²) in [5, 5.41) is 13.7. The minimum absolute atomic E-state index is 0.0996. The molecule has 1 aromatic rings. The van der Waals surface area contributed by atoms with Gasteiger partial charge in [0.05, 0.1) is 9.40 Å². The van der Waals surface area contributed by atoms with E-state index in [9.17, 15) is 14.9 Å². The highest BCUT2D eigenvalue weighted by molar-refractivity contribution is 9.10. The summed E-state index contributed by atoms with van der Waals surface area (Å²) < 4.78 is 0.371. The fraction of sp³-hybridized carbons (Fsp3) is 0.500. The predicted octanol–water partition coefficient (Wildman–Crippen LogP) is 2.57. The van der Waals surface area contributed by atoms with Crippen molar-refractivity contribution in [3.8, 4) is 0 Å². The van der Waals surface area contributed by atoms with E-state index in [1.807, 2.05) is 0 Å². The molecule has 2 rings (SSSR count). The Morgan fingerprint density at radius 2 is 2.29 bits per heavy atom. The molecule has 1 amide bonds. The average Bonchev–Trinajstić information content (AvgIpc) is 2.46. The molecule has 1 aliphatic rings. The number of carbonyl (C=O) groups is 1. The third-order valence-electron chi connectivity index (χ3n) is 3.82. The molecule has 1 saturated heterocycles. The Bertz CT molecular complexity index is 550. The van der Waals surface area contributed by atoms with Gasteiger partial charge >= 0.3 is 0 Å². The molecule has 0 spiro atoms. The van der Waals surface area contributed by atoms with Crippen molar-refractivity contribution in [1.82, 2.24) is 10.2 Å². The van der Waals surface area contributed by atoms with Crippen LogP contribution in [0.5, 0.6) is 0 Å². The second-order valence-electron chi connectivity index (χ2n) is 5.26. The Morgan fingerprint density at radius 1 is 1.52 bits per heavy atom. The number of nitrogens with one attached hydrogen (secondary N) is 1. The molecule has 1 aliphatic heterocycles. The van der Waals surface area contributed by atoms with Crippen LogP contribution in [-0.4, -0.2) is 41.9 Å². The summed E-state index contributed by atoms with van der Waals surface area (Å²) in [5.41, 5.74) is 0.209. The number of rotatable bonds is 4. The summed E-state index contributed by atoms with van der Waals surface area (Å²) >= 11 is 3.11. The summed E-state index contributed by atoms with van der Waals surface area (Å²) in [6.45, 7) is 1.61. The van der Waals surface area contributed by atoms with Crippen LogP contribution < -0.4 is 5.32 Å². The fourth-order valence-electron chi connectivity index (χ4n) is 2.51. The van der Waals surface area contributed by atoms with E-state index in [0.29, 0.717) is 22.6 Å². The molecule has 21 heavy (non-hydrogen) atoms. The second-order valence-corrected chi connectivity index (χ2v) is 6.12. The molecular weight excluding hydrogens is 338 g/mol. The maximum Gasteiger partial charge on any atom is 0.284 e. The van der Waals surface area contributed by atoms with E-state index in [0.717, 1.165) is 13.0 Å². The van der Waals surface area contributed by atoms with Crippen LogP contribution in [0.15, 0.2) is 22.7 Å². The molecule has 1 atom stereocenters. The minimum atomic E-state index is -0.504. The first-order valence-corrected chi connectivity index (χ1v) is 7.70. The van der Waals surface area contributed by atoms with E-state index in [1.54, 1.807) is 6.07 Å². The molecule has 0 saturated carbocycles. The highest BCUT2D eigenvalue weighted by Crippen LogP contribution is 2.25. The molecule has 1 unspecified atom stereocenters. The van der Waals surface area contributed by atoms with E-state index in [2.05, 4.69) is 33.2 Å². The van der Waals surface area contributed by atoms with Crippen LogP contribution in [-0.2, 0) is 0 Å². The van der Waals surface area contributed by atoms with Crippen LogP contribution in [0.25, 0.3) is 0 Å². The molecule has 7 heteroatoms. The lowest BCUT2D eigenvalue weighted by molar-refractivity contribution is -0.385. The number of benzene rings is 1. The first kappa shape index (κ1) is 15.9. The van der Waals surface area contributed by atoms with E-state index in [-0.39, 0.29) is 11.6 Å². The van der Waals surface area contributed by atoms with Crippen molar-refractivity contribution in [3.05, 3.63) is 38.3 Å². The van der Waals surface area contributed by atoms with Crippen molar-refractivity contribution in [2.24, 2.45) is 0 Å². The Balaban J connectivity index is 2.00. The Labute approximate surface area is 131 Å². The first-order valence-electron chi connectivity index (χ1n) is 6.91. The highest BCUT2D eigenvalue weighted by atomic mass is 79.9. The molecule has 114 valence electrons. The fourth-order valence-corrected chi connectivity index (χ4v) is 2.90. The quantitative estimate of drug-likeness (QED) is 0.665. The van der Waals surface area contributed by atoms with Gasteiger partial charge in [0.2, 0.25) is 0 Å². The predicted molar refractivity (Wildman–Crippen MR) is 83.4 cm³/mol. The summed E-state index contributed by atoms with van der Waals surface area (Å²) in [5.74, 6) is -0.274. The number of piperidine rings is 1. The van der Waals surface area contributed by atoms with Crippen molar-refractivity contribution < 1.29 is 9.72 Å². The normalized spacial score (nSPS) is 19.2. The third-order valence-corrected chi connectivity index (χ3v) is 4.50. The lowest BCUT2D eigenvalue weighted by Crippen LogP contribution is -2.44. The largest absolute Gasteiger partial charge is 0.350 e. The van der Waals surface area contributed by atoms with Gasteiger partial charge in [0.25, 0.3) is 11.6 Å². The number of nitrogens with zero attached hydrogens (tertiary/aromatic N) is 2. The monoisotopic (exact) mass is 355 g/mol. The van der Waals surface area contributed by atoms with E-state index >= 15 is 0 Å². The van der Waals surface area contributed by atoms with Gasteiger partial charge < -0.3 is 10.2 Å². The molecule has 0 radical (unpaired) electrons. The van der Waals surface area contributed by atoms with Crippen LogP contribution in [0.2, 0.25) is 0 Å². The van der Waals surface area contributed by atoms with Crippen molar-refractivity contribution in [3.63, 3.8) is 0 Å². The van der Waals surface area contributed by atoms with Crippen molar-refractivity contribution in [1.29, 1.82) is 0 Å². The number of hydrogen-bond donors (Lipinski definition) is 1. The van der Waals surface area contributed by atoms with Gasteiger partial charge in [-0.1, -0.05) is 6.42 Å². The standard InChI is InChI=1S/C14H18BrN3O3/c1-17-7-3-2-4-11(17)9-16-14(19)10-5-6-12(15)13(8-10)18(20)21/h5-6,8,11H,2-4,7,9H2,1H3,(H,16,19). The molecule has 1 N–H and O–H groups in total. The van der Waals surface area contributed by atoms with Gasteiger partial charge in [-0.15, -0.1) is 0 Å². The zero-order chi connectivity index (χ0) is 15.4. The van der Waals surface area contributed by atoms with Crippen LogP contribution >= 0.6 is 15.9 Å². The number of nitro groups is 1. The van der Waals surface area contributed by atoms with Crippen molar-refractivity contribution >= 4 is 27.5 Å². The molecule has 6 nitrogen and oxygen atoms in total. The molecule has 1 heterocycles. The number of nitro benzene ring substituents is 1. The molecule has 1 aromatic carbocycles. The Kier molecular flexibility index (Phi) is 5.30. The zero-order valence-electron chi connectivity index (χ0n) is 11.8. The van der Waals surface area contributed by atoms with E-state index in [4.69, 9.17) is 0 Å². The lowest BCUT2D eigenvalue weighted by Gasteiger charge is -2.32. The summed E-state index contributed by atoms with van der Waals surface area (Å²) in [6, 6.07) is 4.74. The zero-order valence-corrected chi connectivity index (χ0v) is 13.4. The first-order chi connectivity index (χ1) is 9.99. The summed E-state index contributed by atoms with van der Waals surface area (Å²) in [7, 11) is 2.06. The van der Waals surface area contributed by atoms with Gasteiger partial charge in [0.15, 0.2) is 0 Å². The lowest BCUT2D eigenvalue weighted by atomic mass is 10.0. The molecule has 1 fully saturated rings. The van der Waals surface area contributed by atoms with Crippen LogP contribution in [0.1, 0.15) is 29.6 Å². The van der Waals surface area contributed by atoms with Crippen LogP contribution in [0.4, 0.5) is 5.69 Å². The van der Waals surface area contributed by atoms with Gasteiger partial charge in [0, 0.05) is 24.2 Å². The van der Waals surface area contributed by atoms with Crippen LogP contribution in [0.3, 0.4) is 0 Å². The SMILES string of the molecule is CN1CCCCC1CNC(=O)c1ccc(Br)c([N+](=O)[O-])c1. The molecule has 0 bridgehead atoms. The summed E-state index contributed by atoms with van der Waals surface area (Å²) in [4.78, 5) is 24.7. The van der Waals surface area contributed by atoms with E-state index < -0.39 is 4.92 Å². The minimum Gasteiger partial charge on any atom is -0.350 e. The number of likely N-dealkylation sites (tertiary alicyclic amines) is 1. The second kappa shape index (κ2) is 7.00. The smallest absolute Gasteiger partial charge is 0.284 e. The maximum atomic E-state index is 12.1. The molecular formula is C14H18BrN3O3. The highest BCUT2D eigenvalue weighted by Gasteiger charge is 2.20. The number of carbonyl (C=O) groups excluding carboxylic acids is 1. The van der Waals surface area contributed by atoms with Gasteiger partial charge in [-0.2, -0.15) is 0 Å². The molecule has 0 aliphatic carbocycles. The number of hydrogen-bond acceptors (Lipinski definition) is 4. The average molecular weight is 356 g/mol. The third kappa shape index (κ3) is 4.01. The Morgan fingerprint density at radius 3 is 2.95 bits per heavy atom. The van der Waals surface area contributed by atoms with Crippen molar-refractivity contribution in [2.75, 3.05) is 20.1 Å². The van der Waals surface area contributed by atoms with Gasteiger partial charge in [0.1, 0.15) is 0 Å². The number of halogens is 1. The maximum absolute atomic E-state index is 12.1. The molecule has 0 aromatic heterocycles. The van der Waals surface area contributed by atoms with E-state index in [1.165, 1.54) is 25.0 Å². The number of amides is 1. The van der Waals surface area contributed by atoms with Gasteiger partial charge in [-0.25, -0.2) is 0 Å². The van der Waals surface area contributed by atoms with Gasteiger partial charge in [-0.3, -0.25) is 14.9 Å². The van der Waals surface area contributed by atoms with Crippen LogP contribution in [0, 0.1) is 10.1 Å². The van der Waals surface area contributed by atoms with Gasteiger partial charge in [-0.05, 0) is 54.5 Å². The summed E-state index contributed by atoms with van der Waals surface area (Å²) in [6.07, 6.45) is 3.44. The van der Waals surface area contributed by atoms with Crippen molar-refractivity contribution in [2.45, 2.75) is 25.3 Å².